The standard InChI is InChI=1S/C18H30N4.HI/c1-3-22(4-2)14-17-10-8-16(9-11-17)13-21-18(19)20-12-15-6-5-7-15;/h8-11,15H,3-7,12-14H2,1-2H3,(H3,19,20,21);1H. The molecule has 3 N–H and O–H groups in total. The minimum Gasteiger partial charge on any atom is -0.370 e. The maximum absolute atomic E-state index is 5.91. The summed E-state index contributed by atoms with van der Waals surface area (Å²) in [5, 5.41) is 3.23. The van der Waals surface area contributed by atoms with Crippen LogP contribution in [0.3, 0.4) is 0 Å². The van der Waals surface area contributed by atoms with Crippen molar-refractivity contribution in [2.75, 3.05) is 19.6 Å². The zero-order chi connectivity index (χ0) is 15.8. The van der Waals surface area contributed by atoms with Gasteiger partial charge in [0.1, 0.15) is 0 Å². The van der Waals surface area contributed by atoms with Crippen molar-refractivity contribution in [3.63, 3.8) is 0 Å². The van der Waals surface area contributed by atoms with E-state index in [0.717, 1.165) is 32.1 Å². The van der Waals surface area contributed by atoms with E-state index in [0.29, 0.717) is 12.5 Å². The van der Waals surface area contributed by atoms with Gasteiger partial charge in [-0.15, -0.1) is 24.0 Å². The zero-order valence-electron chi connectivity index (χ0n) is 14.4. The van der Waals surface area contributed by atoms with Crippen LogP contribution in [0.15, 0.2) is 29.3 Å². The summed E-state index contributed by atoms with van der Waals surface area (Å²) in [5.41, 5.74) is 8.47. The molecule has 0 radical (unpaired) electrons. The number of nitrogens with two attached hydrogens (primary N) is 1. The maximum atomic E-state index is 5.91. The fourth-order valence-corrected chi connectivity index (χ4v) is 2.63. The summed E-state index contributed by atoms with van der Waals surface area (Å²) >= 11 is 0. The van der Waals surface area contributed by atoms with Crippen LogP contribution in [-0.2, 0) is 13.1 Å². The van der Waals surface area contributed by atoms with E-state index in [-0.39, 0.29) is 24.0 Å². The van der Waals surface area contributed by atoms with Crippen molar-refractivity contribution in [2.24, 2.45) is 16.6 Å². The van der Waals surface area contributed by atoms with E-state index >= 15 is 0 Å². The molecule has 1 aromatic carbocycles. The van der Waals surface area contributed by atoms with E-state index in [1.807, 2.05) is 0 Å². The molecule has 1 aliphatic rings. The molecule has 4 nitrogen and oxygen atoms in total. The highest BCUT2D eigenvalue weighted by molar-refractivity contribution is 14.0. The van der Waals surface area contributed by atoms with Gasteiger partial charge in [-0.25, -0.2) is 4.99 Å². The largest absolute Gasteiger partial charge is 0.370 e. The second-order valence-electron chi connectivity index (χ2n) is 6.16. The van der Waals surface area contributed by atoms with Gasteiger partial charge in [-0.3, -0.25) is 4.90 Å². The number of halogens is 1. The Balaban J connectivity index is 0.00000264. The highest BCUT2D eigenvalue weighted by Crippen LogP contribution is 2.24. The number of nitrogens with one attached hydrogen (secondary N) is 1. The second kappa shape index (κ2) is 10.9. The minimum absolute atomic E-state index is 0. The molecule has 0 bridgehead atoms. The van der Waals surface area contributed by atoms with Crippen LogP contribution in [0, 0.1) is 5.92 Å². The second-order valence-corrected chi connectivity index (χ2v) is 6.16. The van der Waals surface area contributed by atoms with Crippen LogP contribution in [0.1, 0.15) is 44.2 Å². The number of hydrogen-bond donors (Lipinski definition) is 2. The normalized spacial score (nSPS) is 15.2. The van der Waals surface area contributed by atoms with Gasteiger partial charge in [0.05, 0.1) is 6.54 Å². The van der Waals surface area contributed by atoms with Crippen LogP contribution in [0.4, 0.5) is 0 Å². The Hall–Kier alpha value is -0.820. The monoisotopic (exact) mass is 430 g/mol. The molecular weight excluding hydrogens is 399 g/mol. The molecule has 0 atom stereocenters. The molecule has 2 rings (SSSR count). The van der Waals surface area contributed by atoms with Crippen molar-refractivity contribution in [1.82, 2.24) is 10.2 Å². The molecule has 23 heavy (non-hydrogen) atoms. The van der Waals surface area contributed by atoms with Gasteiger partial charge >= 0.3 is 0 Å². The molecule has 5 heteroatoms. The first kappa shape index (κ1) is 20.2. The van der Waals surface area contributed by atoms with Crippen LogP contribution in [0.5, 0.6) is 0 Å². The zero-order valence-corrected chi connectivity index (χ0v) is 16.8. The van der Waals surface area contributed by atoms with Gasteiger partial charge < -0.3 is 11.1 Å². The van der Waals surface area contributed by atoms with Gasteiger partial charge in [0.2, 0.25) is 0 Å². The third-order valence-corrected chi connectivity index (χ3v) is 4.55. The first-order valence-electron chi connectivity index (χ1n) is 8.55. The van der Waals surface area contributed by atoms with Gasteiger partial charge in [-0.1, -0.05) is 44.5 Å². The molecule has 0 aromatic heterocycles. The average molecular weight is 430 g/mol. The molecule has 1 aromatic rings. The summed E-state index contributed by atoms with van der Waals surface area (Å²) in [5.74, 6) is 1.37. The molecule has 0 spiro atoms. The van der Waals surface area contributed by atoms with Crippen molar-refractivity contribution < 1.29 is 0 Å². The molecule has 0 heterocycles. The van der Waals surface area contributed by atoms with E-state index in [9.17, 15) is 0 Å². The summed E-state index contributed by atoms with van der Waals surface area (Å²) < 4.78 is 0. The highest BCUT2D eigenvalue weighted by Gasteiger charge is 2.16. The number of benzene rings is 1. The molecule has 130 valence electrons. The topological polar surface area (TPSA) is 53.6 Å². The van der Waals surface area contributed by atoms with E-state index in [2.05, 4.69) is 53.3 Å². The summed E-state index contributed by atoms with van der Waals surface area (Å²) in [7, 11) is 0. The predicted molar refractivity (Wildman–Crippen MR) is 109 cm³/mol. The lowest BCUT2D eigenvalue weighted by Crippen LogP contribution is -2.37. The summed E-state index contributed by atoms with van der Waals surface area (Å²) in [4.78, 5) is 6.83. The predicted octanol–water partition coefficient (Wildman–Crippen LogP) is 3.35. The molecule has 0 saturated heterocycles. The van der Waals surface area contributed by atoms with Crippen molar-refractivity contribution in [3.05, 3.63) is 35.4 Å². The van der Waals surface area contributed by atoms with Crippen LogP contribution < -0.4 is 11.1 Å². The smallest absolute Gasteiger partial charge is 0.188 e. The van der Waals surface area contributed by atoms with Crippen LogP contribution >= 0.6 is 24.0 Å². The summed E-state index contributed by atoms with van der Waals surface area (Å²) in [6.45, 7) is 9.21. The van der Waals surface area contributed by atoms with E-state index in [4.69, 9.17) is 5.73 Å². The molecule has 1 saturated carbocycles. The summed E-state index contributed by atoms with van der Waals surface area (Å²) in [6, 6.07) is 8.70. The van der Waals surface area contributed by atoms with Crippen molar-refractivity contribution >= 4 is 29.9 Å². The van der Waals surface area contributed by atoms with Gasteiger partial charge in [0, 0.05) is 13.1 Å². The Bertz CT molecular complexity index is 464. The van der Waals surface area contributed by atoms with E-state index in [1.165, 1.54) is 30.4 Å². The van der Waals surface area contributed by atoms with Crippen molar-refractivity contribution in [1.29, 1.82) is 0 Å². The SMILES string of the molecule is CCN(CC)Cc1ccc(CN=C(N)NCC2CCC2)cc1.I. The molecular formula is C18H31IN4. The molecule has 0 unspecified atom stereocenters. The Labute approximate surface area is 157 Å². The van der Waals surface area contributed by atoms with Gasteiger partial charge in [-0.05, 0) is 43.0 Å². The number of aliphatic imine (C=N–C) groups is 1. The van der Waals surface area contributed by atoms with Crippen LogP contribution in [-0.4, -0.2) is 30.5 Å². The number of guanidine groups is 1. The third-order valence-electron chi connectivity index (χ3n) is 4.55. The fourth-order valence-electron chi connectivity index (χ4n) is 2.63. The number of hydrogen-bond acceptors (Lipinski definition) is 2. The molecule has 0 aliphatic heterocycles. The number of nitrogens with zero attached hydrogens (tertiary/aromatic N) is 2. The molecule has 0 amide bonds. The quantitative estimate of drug-likeness (QED) is 0.378. The summed E-state index contributed by atoms with van der Waals surface area (Å²) in [6.07, 6.45) is 4.02. The van der Waals surface area contributed by atoms with Gasteiger partial charge in [-0.2, -0.15) is 0 Å². The third kappa shape index (κ3) is 7.08. The highest BCUT2D eigenvalue weighted by atomic mass is 127. The van der Waals surface area contributed by atoms with Crippen molar-refractivity contribution in [2.45, 2.75) is 46.2 Å². The minimum atomic E-state index is 0. The van der Waals surface area contributed by atoms with Gasteiger partial charge in [0.25, 0.3) is 0 Å². The Morgan fingerprint density at radius 3 is 2.30 bits per heavy atom. The average Bonchev–Trinajstić information content (AvgIpc) is 2.50. The van der Waals surface area contributed by atoms with Crippen LogP contribution in [0.25, 0.3) is 0 Å². The maximum Gasteiger partial charge on any atom is 0.188 e. The van der Waals surface area contributed by atoms with E-state index < -0.39 is 0 Å². The molecule has 1 aliphatic carbocycles. The first-order valence-corrected chi connectivity index (χ1v) is 8.55. The lowest BCUT2D eigenvalue weighted by molar-refractivity contribution is 0.296. The fraction of sp³-hybridized carbons (Fsp3) is 0.611. The lowest BCUT2D eigenvalue weighted by Gasteiger charge is -2.25. The first-order chi connectivity index (χ1) is 10.7. The van der Waals surface area contributed by atoms with E-state index in [1.54, 1.807) is 0 Å². The van der Waals surface area contributed by atoms with Crippen molar-refractivity contribution in [3.8, 4) is 0 Å². The molecule has 1 fully saturated rings. The number of rotatable bonds is 8. The van der Waals surface area contributed by atoms with Gasteiger partial charge in [0.15, 0.2) is 5.96 Å². The Morgan fingerprint density at radius 1 is 1.17 bits per heavy atom. The lowest BCUT2D eigenvalue weighted by atomic mass is 9.85. The van der Waals surface area contributed by atoms with Crippen LogP contribution in [0.2, 0.25) is 0 Å². The Morgan fingerprint density at radius 2 is 1.78 bits per heavy atom. The Kier molecular flexibility index (Phi) is 9.55.